The van der Waals surface area contributed by atoms with Gasteiger partial charge in [0.2, 0.25) is 0 Å². The van der Waals surface area contributed by atoms with Gasteiger partial charge in [-0.25, -0.2) is 0 Å². The second-order valence-electron chi connectivity index (χ2n) is 7.34. The van der Waals surface area contributed by atoms with Crippen LogP contribution in [0, 0.1) is 10.1 Å². The van der Waals surface area contributed by atoms with E-state index in [0.29, 0.717) is 11.1 Å². The molecule has 0 fully saturated rings. The quantitative estimate of drug-likeness (QED) is 0.198. The largest absolute Gasteiger partial charge is 0.465 e. The molecular formula is C26H27NO3. The summed E-state index contributed by atoms with van der Waals surface area (Å²) < 4.78 is 5.64. The predicted molar refractivity (Wildman–Crippen MR) is 123 cm³/mol. The van der Waals surface area contributed by atoms with Crippen LogP contribution in [-0.2, 0) is 0 Å². The fraction of sp³-hybridized carbons (Fsp3) is 0.231. The first-order valence-corrected chi connectivity index (χ1v) is 10.4. The highest BCUT2D eigenvalue weighted by Gasteiger charge is 2.18. The Kier molecular flexibility index (Phi) is 7.39. The predicted octanol–water partition coefficient (Wildman–Crippen LogP) is 7.76. The van der Waals surface area contributed by atoms with Crippen LogP contribution in [0.25, 0.3) is 17.2 Å². The third-order valence-electron chi connectivity index (χ3n) is 5.14. The lowest BCUT2D eigenvalue weighted by atomic mass is 9.95. The summed E-state index contributed by atoms with van der Waals surface area (Å²) in [5.74, 6) is 0.841. The molecule has 0 N–H and O–H groups in total. The minimum Gasteiger partial charge on any atom is -0.465 e. The molecule has 0 amide bonds. The van der Waals surface area contributed by atoms with Crippen molar-refractivity contribution in [2.24, 2.45) is 0 Å². The van der Waals surface area contributed by atoms with Crippen LogP contribution in [-0.4, -0.2) is 4.92 Å². The molecule has 0 spiro atoms. The van der Waals surface area contributed by atoms with E-state index in [0.717, 1.165) is 35.3 Å². The number of nitrogens with zero attached hydrogens (tertiary/aromatic N) is 1. The van der Waals surface area contributed by atoms with Crippen molar-refractivity contribution in [1.29, 1.82) is 0 Å². The van der Waals surface area contributed by atoms with Crippen LogP contribution in [0.2, 0.25) is 0 Å². The molecule has 3 aromatic rings. The lowest BCUT2D eigenvalue weighted by molar-refractivity contribution is -0.385. The lowest BCUT2D eigenvalue weighted by Crippen LogP contribution is -1.96. The van der Waals surface area contributed by atoms with Crippen molar-refractivity contribution >= 4 is 22.9 Å². The van der Waals surface area contributed by atoms with Crippen LogP contribution >= 0.6 is 0 Å². The Morgan fingerprint density at radius 1 is 1.07 bits per heavy atom. The Bertz CT molecular complexity index is 1020. The molecule has 30 heavy (non-hydrogen) atoms. The van der Waals surface area contributed by atoms with Gasteiger partial charge < -0.3 is 4.42 Å². The van der Waals surface area contributed by atoms with Crippen LogP contribution in [0.4, 0.5) is 5.69 Å². The normalized spacial score (nSPS) is 11.4. The van der Waals surface area contributed by atoms with Gasteiger partial charge in [-0.05, 0) is 65.5 Å². The van der Waals surface area contributed by atoms with Gasteiger partial charge in [-0.2, -0.15) is 0 Å². The molecule has 154 valence electrons. The van der Waals surface area contributed by atoms with Gasteiger partial charge in [-0.15, -0.1) is 0 Å². The van der Waals surface area contributed by atoms with Gasteiger partial charge in [0.05, 0.1) is 16.7 Å². The van der Waals surface area contributed by atoms with Crippen LogP contribution in [0.15, 0.2) is 77.9 Å². The molecule has 4 nitrogen and oxygen atoms in total. The maximum atomic E-state index is 11.6. The zero-order valence-electron chi connectivity index (χ0n) is 17.3. The molecule has 0 aliphatic heterocycles. The van der Waals surface area contributed by atoms with Crippen molar-refractivity contribution in [3.63, 3.8) is 0 Å². The summed E-state index contributed by atoms with van der Waals surface area (Å²) in [7, 11) is 0. The first-order valence-electron chi connectivity index (χ1n) is 10.4. The van der Waals surface area contributed by atoms with Gasteiger partial charge in [0.1, 0.15) is 5.76 Å². The SMILES string of the molecule is C=C(c1ccccc1)c1cc(/C=C(\CCCCCC)c2ccco2)ccc1[N+](=O)[O-]. The smallest absolute Gasteiger partial charge is 0.277 e. The molecule has 0 saturated carbocycles. The second kappa shape index (κ2) is 10.4. The van der Waals surface area contributed by atoms with E-state index in [1.807, 2.05) is 48.5 Å². The van der Waals surface area contributed by atoms with Gasteiger partial charge in [-0.1, -0.05) is 63.1 Å². The molecule has 0 aliphatic rings. The number of unbranched alkanes of at least 4 members (excludes halogenated alkanes) is 3. The Balaban J connectivity index is 1.97. The number of nitro groups is 1. The Hall–Kier alpha value is -3.40. The van der Waals surface area contributed by atoms with Crippen LogP contribution in [0.3, 0.4) is 0 Å². The fourth-order valence-electron chi connectivity index (χ4n) is 3.51. The first kappa shape index (κ1) is 21.3. The van der Waals surface area contributed by atoms with E-state index in [2.05, 4.69) is 19.6 Å². The van der Waals surface area contributed by atoms with Crippen molar-refractivity contribution in [2.75, 3.05) is 0 Å². The molecule has 0 atom stereocenters. The molecule has 0 aliphatic carbocycles. The summed E-state index contributed by atoms with van der Waals surface area (Å²) in [6.07, 6.45) is 9.29. The zero-order chi connectivity index (χ0) is 21.3. The molecule has 0 unspecified atom stereocenters. The molecule has 2 aromatic carbocycles. The Morgan fingerprint density at radius 3 is 2.53 bits per heavy atom. The van der Waals surface area contributed by atoms with Gasteiger partial charge in [0.25, 0.3) is 5.69 Å². The summed E-state index contributed by atoms with van der Waals surface area (Å²) in [5, 5.41) is 11.6. The number of allylic oxidation sites excluding steroid dienone is 1. The van der Waals surface area contributed by atoms with Crippen molar-refractivity contribution in [3.8, 4) is 0 Å². The molecule has 0 saturated heterocycles. The minimum absolute atomic E-state index is 0.0588. The number of benzene rings is 2. The minimum atomic E-state index is -0.352. The van der Waals surface area contributed by atoms with Crippen LogP contribution in [0.1, 0.15) is 61.5 Å². The number of rotatable bonds is 10. The molecule has 3 rings (SSSR count). The number of furan rings is 1. The summed E-state index contributed by atoms with van der Waals surface area (Å²) in [6, 6.07) is 18.6. The van der Waals surface area contributed by atoms with Gasteiger partial charge in [0, 0.05) is 6.07 Å². The Morgan fingerprint density at radius 2 is 1.87 bits per heavy atom. The highest BCUT2D eigenvalue weighted by molar-refractivity contribution is 5.86. The lowest BCUT2D eigenvalue weighted by Gasteiger charge is -2.10. The molecular weight excluding hydrogens is 374 g/mol. The second-order valence-corrected chi connectivity index (χ2v) is 7.34. The van der Waals surface area contributed by atoms with E-state index in [4.69, 9.17) is 4.42 Å². The van der Waals surface area contributed by atoms with Crippen molar-refractivity contribution in [2.45, 2.75) is 39.0 Å². The number of hydrogen-bond acceptors (Lipinski definition) is 3. The van der Waals surface area contributed by atoms with Gasteiger partial charge in [0.15, 0.2) is 0 Å². The summed E-state index contributed by atoms with van der Waals surface area (Å²) >= 11 is 0. The third kappa shape index (κ3) is 5.35. The number of nitro benzene ring substituents is 1. The summed E-state index contributed by atoms with van der Waals surface area (Å²) in [6.45, 7) is 6.33. The molecule has 1 heterocycles. The van der Waals surface area contributed by atoms with E-state index >= 15 is 0 Å². The highest BCUT2D eigenvalue weighted by Crippen LogP contribution is 2.32. The average Bonchev–Trinajstić information content (AvgIpc) is 3.30. The fourth-order valence-corrected chi connectivity index (χ4v) is 3.51. The molecule has 0 bridgehead atoms. The van der Waals surface area contributed by atoms with E-state index in [9.17, 15) is 10.1 Å². The van der Waals surface area contributed by atoms with Crippen molar-refractivity contribution in [3.05, 3.63) is 106 Å². The first-order chi connectivity index (χ1) is 14.6. The molecule has 4 heteroatoms. The van der Waals surface area contributed by atoms with Gasteiger partial charge in [-0.3, -0.25) is 10.1 Å². The van der Waals surface area contributed by atoms with Crippen molar-refractivity contribution in [1.82, 2.24) is 0 Å². The maximum Gasteiger partial charge on any atom is 0.277 e. The average molecular weight is 402 g/mol. The Labute approximate surface area is 177 Å². The maximum absolute atomic E-state index is 11.6. The van der Waals surface area contributed by atoms with Crippen LogP contribution in [0.5, 0.6) is 0 Å². The highest BCUT2D eigenvalue weighted by atomic mass is 16.6. The van der Waals surface area contributed by atoms with E-state index in [-0.39, 0.29) is 10.6 Å². The standard InChI is InChI=1S/C26H27NO3/c1-3-4-5-7-13-23(26-14-10-17-30-26)18-21-15-16-25(27(28)29)24(19-21)20(2)22-11-8-6-9-12-22/h6,8-12,14-19H,2-5,7,13H2,1H3/b23-18+. The van der Waals surface area contributed by atoms with E-state index in [1.165, 1.54) is 19.3 Å². The summed E-state index contributed by atoms with van der Waals surface area (Å²) in [4.78, 5) is 11.3. The zero-order valence-corrected chi connectivity index (χ0v) is 17.3. The molecule has 0 radical (unpaired) electrons. The van der Waals surface area contributed by atoms with E-state index < -0.39 is 0 Å². The van der Waals surface area contributed by atoms with E-state index in [1.54, 1.807) is 18.4 Å². The topological polar surface area (TPSA) is 56.3 Å². The summed E-state index contributed by atoms with van der Waals surface area (Å²) in [5.41, 5.74) is 4.09. The number of hydrogen-bond donors (Lipinski definition) is 0. The molecule has 1 aromatic heterocycles. The van der Waals surface area contributed by atoms with Crippen molar-refractivity contribution < 1.29 is 9.34 Å². The third-order valence-corrected chi connectivity index (χ3v) is 5.14. The monoisotopic (exact) mass is 401 g/mol. The van der Waals surface area contributed by atoms with Crippen LogP contribution < -0.4 is 0 Å². The van der Waals surface area contributed by atoms with Gasteiger partial charge >= 0.3 is 0 Å².